The lowest BCUT2D eigenvalue weighted by Gasteiger charge is -1.95. The molecule has 1 rings (SSSR count). The lowest BCUT2D eigenvalue weighted by Crippen LogP contribution is -1.80. The van der Waals surface area contributed by atoms with Gasteiger partial charge in [0.05, 0.1) is 0 Å². The van der Waals surface area contributed by atoms with Gasteiger partial charge in [-0.1, -0.05) is 54.6 Å². The van der Waals surface area contributed by atoms with Crippen LogP contribution in [0.2, 0.25) is 0 Å². The summed E-state index contributed by atoms with van der Waals surface area (Å²) >= 11 is 0. The Hall–Kier alpha value is -1.30. The Morgan fingerprint density at radius 2 is 1.85 bits per heavy atom. The summed E-state index contributed by atoms with van der Waals surface area (Å²) in [6, 6.07) is 10.6. The molecule has 0 aliphatic rings. The molecule has 0 atom stereocenters. The molecule has 0 amide bonds. The zero-order chi connectivity index (χ0) is 9.36. The van der Waals surface area contributed by atoms with Gasteiger partial charge in [0.2, 0.25) is 0 Å². The van der Waals surface area contributed by atoms with Crippen molar-refractivity contribution in [1.29, 1.82) is 0 Å². The molecule has 0 saturated heterocycles. The zero-order valence-electron chi connectivity index (χ0n) is 8.11. The number of hydrogen-bond acceptors (Lipinski definition) is 0. The Balaban J connectivity index is 2.28. The van der Waals surface area contributed by atoms with Crippen molar-refractivity contribution >= 4 is 0 Å². The van der Waals surface area contributed by atoms with Gasteiger partial charge in [-0.15, -0.1) is 0 Å². The predicted molar refractivity (Wildman–Crippen MR) is 58.7 cm³/mol. The maximum absolute atomic E-state index is 2.20. The van der Waals surface area contributed by atoms with Gasteiger partial charge >= 0.3 is 0 Å². The number of aryl methyl sites for hydroxylation is 1. The smallest absolute Gasteiger partial charge is 0.0244 e. The average molecular weight is 172 g/mol. The monoisotopic (exact) mass is 172 g/mol. The molecule has 1 aromatic carbocycles. The maximum atomic E-state index is 2.20. The van der Waals surface area contributed by atoms with Crippen molar-refractivity contribution in [2.45, 2.75) is 19.8 Å². The first-order valence-electron chi connectivity index (χ1n) is 4.75. The van der Waals surface area contributed by atoms with E-state index in [0.717, 1.165) is 12.8 Å². The highest BCUT2D eigenvalue weighted by Crippen LogP contribution is 2.02. The SMILES string of the molecule is C/C=C\C=C/CCc1ccccc1. The van der Waals surface area contributed by atoms with E-state index in [9.17, 15) is 0 Å². The van der Waals surface area contributed by atoms with Crippen LogP contribution < -0.4 is 0 Å². The summed E-state index contributed by atoms with van der Waals surface area (Å²) in [4.78, 5) is 0. The van der Waals surface area contributed by atoms with Crippen molar-refractivity contribution in [3.05, 3.63) is 60.2 Å². The largest absolute Gasteiger partial charge is 0.0877 e. The minimum absolute atomic E-state index is 1.12. The van der Waals surface area contributed by atoms with Crippen LogP contribution >= 0.6 is 0 Å². The number of rotatable bonds is 4. The zero-order valence-corrected chi connectivity index (χ0v) is 8.11. The second kappa shape index (κ2) is 6.24. The summed E-state index contributed by atoms with van der Waals surface area (Å²) in [5.41, 5.74) is 1.41. The molecule has 0 heteroatoms. The van der Waals surface area contributed by atoms with Gasteiger partial charge in [-0.3, -0.25) is 0 Å². The maximum Gasteiger partial charge on any atom is -0.0244 e. The van der Waals surface area contributed by atoms with E-state index >= 15 is 0 Å². The Bertz CT molecular complexity index is 267. The molecule has 0 aromatic heterocycles. The lowest BCUT2D eigenvalue weighted by atomic mass is 10.1. The predicted octanol–water partition coefficient (Wildman–Crippen LogP) is 3.75. The molecular weight excluding hydrogens is 156 g/mol. The Labute approximate surface area is 80.6 Å². The van der Waals surface area contributed by atoms with E-state index in [1.54, 1.807) is 0 Å². The van der Waals surface area contributed by atoms with Crippen LogP contribution in [0.15, 0.2) is 54.6 Å². The molecular formula is C13H16. The molecule has 0 aliphatic carbocycles. The fraction of sp³-hybridized carbons (Fsp3) is 0.231. The van der Waals surface area contributed by atoms with Crippen LogP contribution in [-0.2, 0) is 6.42 Å². The molecule has 0 saturated carbocycles. The first-order valence-corrected chi connectivity index (χ1v) is 4.75. The fourth-order valence-corrected chi connectivity index (χ4v) is 1.18. The van der Waals surface area contributed by atoms with Gasteiger partial charge in [0.15, 0.2) is 0 Å². The van der Waals surface area contributed by atoms with Crippen LogP contribution in [0, 0.1) is 0 Å². The summed E-state index contributed by atoms with van der Waals surface area (Å²) in [7, 11) is 0. The molecule has 0 spiro atoms. The highest BCUT2D eigenvalue weighted by Gasteiger charge is 1.86. The molecule has 68 valence electrons. The normalized spacial score (nSPS) is 11.5. The second-order valence-electron chi connectivity index (χ2n) is 2.98. The quantitative estimate of drug-likeness (QED) is 0.607. The van der Waals surface area contributed by atoms with Crippen LogP contribution in [0.25, 0.3) is 0 Å². The van der Waals surface area contributed by atoms with Crippen molar-refractivity contribution in [2.24, 2.45) is 0 Å². The molecule has 13 heavy (non-hydrogen) atoms. The number of allylic oxidation sites excluding steroid dienone is 4. The Morgan fingerprint density at radius 1 is 1.08 bits per heavy atom. The van der Waals surface area contributed by atoms with E-state index in [2.05, 4.69) is 48.6 Å². The molecule has 0 radical (unpaired) electrons. The highest BCUT2D eigenvalue weighted by molar-refractivity contribution is 5.15. The fourth-order valence-electron chi connectivity index (χ4n) is 1.18. The first-order chi connectivity index (χ1) is 6.43. The van der Waals surface area contributed by atoms with Gasteiger partial charge in [-0.25, -0.2) is 0 Å². The van der Waals surface area contributed by atoms with Gasteiger partial charge < -0.3 is 0 Å². The summed E-state index contributed by atoms with van der Waals surface area (Å²) in [6.45, 7) is 2.03. The number of benzene rings is 1. The van der Waals surface area contributed by atoms with Crippen molar-refractivity contribution in [2.75, 3.05) is 0 Å². The summed E-state index contributed by atoms with van der Waals surface area (Å²) < 4.78 is 0. The molecule has 0 heterocycles. The van der Waals surface area contributed by atoms with Gasteiger partial charge in [0.1, 0.15) is 0 Å². The van der Waals surface area contributed by atoms with E-state index in [-0.39, 0.29) is 0 Å². The molecule has 0 bridgehead atoms. The molecule has 1 aromatic rings. The van der Waals surface area contributed by atoms with Gasteiger partial charge in [-0.2, -0.15) is 0 Å². The van der Waals surface area contributed by atoms with Crippen molar-refractivity contribution in [3.8, 4) is 0 Å². The average Bonchev–Trinajstić information content (AvgIpc) is 2.19. The van der Waals surface area contributed by atoms with E-state index in [1.807, 2.05) is 13.0 Å². The van der Waals surface area contributed by atoms with Crippen LogP contribution in [-0.4, -0.2) is 0 Å². The van der Waals surface area contributed by atoms with Gasteiger partial charge in [-0.05, 0) is 25.3 Å². The Kier molecular flexibility index (Phi) is 4.70. The minimum Gasteiger partial charge on any atom is -0.0877 e. The number of hydrogen-bond donors (Lipinski definition) is 0. The van der Waals surface area contributed by atoms with E-state index in [4.69, 9.17) is 0 Å². The van der Waals surface area contributed by atoms with E-state index in [1.165, 1.54) is 5.56 Å². The topological polar surface area (TPSA) is 0 Å². The van der Waals surface area contributed by atoms with Gasteiger partial charge in [0.25, 0.3) is 0 Å². The van der Waals surface area contributed by atoms with Crippen molar-refractivity contribution in [3.63, 3.8) is 0 Å². The summed E-state index contributed by atoms with van der Waals surface area (Å²) in [5.74, 6) is 0. The van der Waals surface area contributed by atoms with E-state index < -0.39 is 0 Å². The third kappa shape index (κ3) is 4.32. The molecule has 0 N–H and O–H groups in total. The van der Waals surface area contributed by atoms with E-state index in [0.29, 0.717) is 0 Å². The van der Waals surface area contributed by atoms with Crippen LogP contribution in [0.4, 0.5) is 0 Å². The molecule has 0 fully saturated rings. The van der Waals surface area contributed by atoms with Crippen molar-refractivity contribution in [1.82, 2.24) is 0 Å². The highest BCUT2D eigenvalue weighted by atomic mass is 13.9. The molecule has 0 nitrogen and oxygen atoms in total. The third-order valence-electron chi connectivity index (χ3n) is 1.88. The summed E-state index contributed by atoms with van der Waals surface area (Å²) in [5, 5.41) is 0. The summed E-state index contributed by atoms with van der Waals surface area (Å²) in [6.07, 6.45) is 10.7. The van der Waals surface area contributed by atoms with Gasteiger partial charge in [0, 0.05) is 0 Å². The van der Waals surface area contributed by atoms with Crippen molar-refractivity contribution < 1.29 is 0 Å². The van der Waals surface area contributed by atoms with Crippen LogP contribution in [0.1, 0.15) is 18.9 Å². The molecule has 0 aliphatic heterocycles. The van der Waals surface area contributed by atoms with Crippen LogP contribution in [0.3, 0.4) is 0 Å². The standard InChI is InChI=1S/C13H16/c1-2-3-4-5-7-10-13-11-8-6-9-12-13/h2-6,8-9,11-12H,7,10H2,1H3/b3-2-,5-4-. The first kappa shape index (κ1) is 9.79. The van der Waals surface area contributed by atoms with Crippen LogP contribution in [0.5, 0.6) is 0 Å². The lowest BCUT2D eigenvalue weighted by molar-refractivity contribution is 1.00. The second-order valence-corrected chi connectivity index (χ2v) is 2.98. The molecule has 0 unspecified atom stereocenters. The Morgan fingerprint density at radius 3 is 2.54 bits per heavy atom. The third-order valence-corrected chi connectivity index (χ3v) is 1.88. The minimum atomic E-state index is 1.12.